The molecule has 0 aliphatic carbocycles. The van der Waals surface area contributed by atoms with Crippen LogP contribution in [0.4, 0.5) is 0 Å². The topological polar surface area (TPSA) is 59.5 Å². The second-order valence-electron chi connectivity index (χ2n) is 3.79. The van der Waals surface area contributed by atoms with Gasteiger partial charge in [-0.25, -0.2) is 0 Å². The molecule has 16 heavy (non-hydrogen) atoms. The van der Waals surface area contributed by atoms with E-state index in [4.69, 9.17) is 0 Å². The largest absolute Gasteiger partial charge is 0.391 e. The van der Waals surface area contributed by atoms with Crippen molar-refractivity contribution in [2.75, 3.05) is 13.1 Å². The van der Waals surface area contributed by atoms with Gasteiger partial charge < -0.3 is 4.74 Å². The minimum absolute atomic E-state index is 0.153. The molecule has 0 aromatic carbocycles. The molecular formula is C11H12N2O3. The van der Waals surface area contributed by atoms with Crippen LogP contribution in [0.1, 0.15) is 11.1 Å². The van der Waals surface area contributed by atoms with Crippen molar-refractivity contribution in [1.82, 2.24) is 9.88 Å². The fourth-order valence-corrected chi connectivity index (χ4v) is 1.63. The average Bonchev–Trinajstić information content (AvgIpc) is 2.20. The van der Waals surface area contributed by atoms with Crippen LogP contribution in [0, 0.1) is 6.92 Å². The van der Waals surface area contributed by atoms with Gasteiger partial charge in [0.1, 0.15) is 0 Å². The Morgan fingerprint density at radius 1 is 1.38 bits per heavy atom. The molecule has 84 valence electrons. The number of nitrogens with zero attached hydrogens (tertiary/aromatic N) is 2. The number of carbonyl (C=O) groups excluding carboxylic acids is 2. The van der Waals surface area contributed by atoms with Crippen molar-refractivity contribution in [2.24, 2.45) is 0 Å². The molecule has 0 N–H and O–H groups in total. The van der Waals surface area contributed by atoms with Gasteiger partial charge in [0.25, 0.3) is 0 Å². The summed E-state index contributed by atoms with van der Waals surface area (Å²) in [5, 5.41) is 0. The van der Waals surface area contributed by atoms with Gasteiger partial charge in [0.05, 0.1) is 13.1 Å². The molecule has 5 heteroatoms. The number of esters is 2. The molecule has 0 saturated carbocycles. The van der Waals surface area contributed by atoms with E-state index in [1.165, 1.54) is 0 Å². The number of cyclic esters (lactones) is 2. The Bertz CT molecular complexity index is 415. The van der Waals surface area contributed by atoms with Crippen molar-refractivity contribution in [1.29, 1.82) is 0 Å². The van der Waals surface area contributed by atoms with Gasteiger partial charge in [-0.15, -0.1) is 0 Å². The van der Waals surface area contributed by atoms with Gasteiger partial charge in [0, 0.05) is 18.9 Å². The second kappa shape index (κ2) is 4.40. The van der Waals surface area contributed by atoms with Gasteiger partial charge in [0.15, 0.2) is 0 Å². The second-order valence-corrected chi connectivity index (χ2v) is 3.79. The predicted octanol–water partition coefficient (Wildman–Crippen LogP) is 0.275. The van der Waals surface area contributed by atoms with Crippen LogP contribution >= 0.6 is 0 Å². The zero-order valence-electron chi connectivity index (χ0n) is 8.97. The molecule has 0 unspecified atom stereocenters. The van der Waals surface area contributed by atoms with Crippen LogP contribution in [0.3, 0.4) is 0 Å². The quantitative estimate of drug-likeness (QED) is 0.529. The van der Waals surface area contributed by atoms with Gasteiger partial charge in [0.2, 0.25) is 0 Å². The van der Waals surface area contributed by atoms with E-state index in [2.05, 4.69) is 9.72 Å². The molecule has 1 aromatic heterocycles. The first kappa shape index (κ1) is 10.8. The van der Waals surface area contributed by atoms with E-state index in [1.807, 2.05) is 13.0 Å². The first-order valence-electron chi connectivity index (χ1n) is 5.00. The summed E-state index contributed by atoms with van der Waals surface area (Å²) in [4.78, 5) is 27.9. The zero-order chi connectivity index (χ0) is 11.5. The normalized spacial score (nSPS) is 17.3. The van der Waals surface area contributed by atoms with E-state index >= 15 is 0 Å². The highest BCUT2D eigenvalue weighted by atomic mass is 16.6. The molecule has 1 aliphatic heterocycles. The number of pyridine rings is 1. The van der Waals surface area contributed by atoms with Crippen molar-refractivity contribution in [2.45, 2.75) is 13.5 Å². The van der Waals surface area contributed by atoms with Gasteiger partial charge in [-0.2, -0.15) is 0 Å². The number of carbonyl (C=O) groups is 2. The maximum atomic E-state index is 11.1. The number of morpholine rings is 1. The summed E-state index contributed by atoms with van der Waals surface area (Å²) in [6.07, 6.45) is 3.47. The molecule has 2 rings (SSSR count). The summed E-state index contributed by atoms with van der Waals surface area (Å²) < 4.78 is 4.45. The lowest BCUT2D eigenvalue weighted by molar-refractivity contribution is -0.167. The standard InChI is InChI=1S/C11H12N2O3/c1-8-2-3-12-4-9(8)5-13-6-10(14)16-11(15)7-13/h2-4H,5-7H2,1H3. The van der Waals surface area contributed by atoms with Crippen LogP contribution in [0.15, 0.2) is 18.5 Å². The number of rotatable bonds is 2. The minimum atomic E-state index is -0.488. The summed E-state index contributed by atoms with van der Waals surface area (Å²) in [7, 11) is 0. The number of hydrogen-bond donors (Lipinski definition) is 0. The molecule has 0 atom stereocenters. The summed E-state index contributed by atoms with van der Waals surface area (Å²) in [6.45, 7) is 2.82. The molecule has 2 heterocycles. The lowest BCUT2D eigenvalue weighted by Crippen LogP contribution is -2.42. The van der Waals surface area contributed by atoms with Crippen molar-refractivity contribution in [3.8, 4) is 0 Å². The molecule has 0 spiro atoms. The highest BCUT2D eigenvalue weighted by Gasteiger charge is 2.24. The van der Waals surface area contributed by atoms with Crippen molar-refractivity contribution < 1.29 is 14.3 Å². The van der Waals surface area contributed by atoms with Crippen LogP contribution < -0.4 is 0 Å². The van der Waals surface area contributed by atoms with Crippen LogP contribution in [0.5, 0.6) is 0 Å². The summed E-state index contributed by atoms with van der Waals surface area (Å²) in [5.41, 5.74) is 2.12. The molecule has 0 amide bonds. The summed E-state index contributed by atoms with van der Waals surface area (Å²) >= 11 is 0. The molecule has 1 aromatic rings. The van der Waals surface area contributed by atoms with Crippen LogP contribution in [0.2, 0.25) is 0 Å². The van der Waals surface area contributed by atoms with Crippen molar-refractivity contribution in [3.63, 3.8) is 0 Å². The molecule has 5 nitrogen and oxygen atoms in total. The summed E-state index contributed by atoms with van der Waals surface area (Å²) in [6, 6.07) is 1.90. The van der Waals surface area contributed by atoms with Gasteiger partial charge in [-0.3, -0.25) is 19.5 Å². The molecule has 0 bridgehead atoms. The minimum Gasteiger partial charge on any atom is -0.391 e. The van der Waals surface area contributed by atoms with E-state index in [0.717, 1.165) is 11.1 Å². The zero-order valence-corrected chi connectivity index (χ0v) is 8.97. The summed E-state index contributed by atoms with van der Waals surface area (Å²) in [5.74, 6) is -0.976. The first-order chi connectivity index (χ1) is 7.65. The van der Waals surface area contributed by atoms with E-state index < -0.39 is 11.9 Å². The fourth-order valence-electron chi connectivity index (χ4n) is 1.63. The lowest BCUT2D eigenvalue weighted by atomic mass is 10.1. The number of hydrogen-bond acceptors (Lipinski definition) is 5. The fraction of sp³-hybridized carbons (Fsp3) is 0.364. The lowest BCUT2D eigenvalue weighted by Gasteiger charge is -2.24. The van der Waals surface area contributed by atoms with Crippen LogP contribution in [-0.4, -0.2) is 34.9 Å². The monoisotopic (exact) mass is 220 g/mol. The number of aromatic nitrogens is 1. The molecule has 0 radical (unpaired) electrons. The van der Waals surface area contributed by atoms with E-state index in [-0.39, 0.29) is 13.1 Å². The molecular weight excluding hydrogens is 208 g/mol. The van der Waals surface area contributed by atoms with Gasteiger partial charge in [-0.05, 0) is 24.1 Å². The van der Waals surface area contributed by atoms with E-state index in [1.54, 1.807) is 17.3 Å². The Balaban J connectivity index is 2.07. The van der Waals surface area contributed by atoms with Crippen molar-refractivity contribution >= 4 is 11.9 Å². The predicted molar refractivity (Wildman–Crippen MR) is 55.4 cm³/mol. The van der Waals surface area contributed by atoms with Gasteiger partial charge >= 0.3 is 11.9 Å². The number of ether oxygens (including phenoxy) is 1. The maximum Gasteiger partial charge on any atom is 0.327 e. The average molecular weight is 220 g/mol. The van der Waals surface area contributed by atoms with Crippen molar-refractivity contribution in [3.05, 3.63) is 29.6 Å². The highest BCUT2D eigenvalue weighted by molar-refractivity contribution is 5.90. The molecule has 1 saturated heterocycles. The Hall–Kier alpha value is -1.75. The first-order valence-corrected chi connectivity index (χ1v) is 5.00. The molecule has 1 aliphatic rings. The maximum absolute atomic E-state index is 11.1. The highest BCUT2D eigenvalue weighted by Crippen LogP contribution is 2.10. The Morgan fingerprint density at radius 2 is 2.06 bits per heavy atom. The van der Waals surface area contributed by atoms with E-state index in [9.17, 15) is 9.59 Å². The Labute approximate surface area is 93.0 Å². The number of aryl methyl sites for hydroxylation is 1. The van der Waals surface area contributed by atoms with E-state index in [0.29, 0.717) is 6.54 Å². The third kappa shape index (κ3) is 2.43. The van der Waals surface area contributed by atoms with Gasteiger partial charge in [-0.1, -0.05) is 0 Å². The SMILES string of the molecule is Cc1ccncc1CN1CC(=O)OC(=O)C1. The van der Waals surface area contributed by atoms with Crippen LogP contribution in [-0.2, 0) is 20.9 Å². The molecule has 1 fully saturated rings. The van der Waals surface area contributed by atoms with Crippen LogP contribution in [0.25, 0.3) is 0 Å². The Morgan fingerprint density at radius 3 is 2.69 bits per heavy atom. The smallest absolute Gasteiger partial charge is 0.327 e. The third-order valence-electron chi connectivity index (χ3n) is 2.47. The Kier molecular flexibility index (Phi) is 2.96. The third-order valence-corrected chi connectivity index (χ3v) is 2.47.